The molecule has 1 aliphatic heterocycles. The molecule has 1 aliphatic rings. The van der Waals surface area contributed by atoms with Gasteiger partial charge in [0.25, 0.3) is 0 Å². The number of hydrogen-bond acceptors (Lipinski definition) is 3. The second kappa shape index (κ2) is 8.62. The molecule has 0 aromatic heterocycles. The summed E-state index contributed by atoms with van der Waals surface area (Å²) < 4.78 is 32.7. The summed E-state index contributed by atoms with van der Waals surface area (Å²) in [5, 5.41) is 0.881. The Labute approximate surface area is 165 Å². The third-order valence-electron chi connectivity index (χ3n) is 4.85. The van der Waals surface area contributed by atoms with Crippen LogP contribution in [0.5, 0.6) is 0 Å². The van der Waals surface area contributed by atoms with Crippen molar-refractivity contribution in [3.8, 4) is 0 Å². The predicted molar refractivity (Wildman–Crippen MR) is 106 cm³/mol. The van der Waals surface area contributed by atoms with Crippen LogP contribution in [0.3, 0.4) is 0 Å². The summed E-state index contributed by atoms with van der Waals surface area (Å²) >= 11 is 12.3. The van der Waals surface area contributed by atoms with Gasteiger partial charge in [-0.1, -0.05) is 36.2 Å². The zero-order chi connectivity index (χ0) is 19.5. The summed E-state index contributed by atoms with van der Waals surface area (Å²) in [6.45, 7) is 10.6. The first-order valence-corrected chi connectivity index (χ1v) is 9.62. The zero-order valence-electron chi connectivity index (χ0n) is 16.0. The van der Waals surface area contributed by atoms with Crippen LogP contribution in [0.2, 0.25) is 10.0 Å². The van der Waals surface area contributed by atoms with Crippen LogP contribution >= 0.6 is 23.2 Å². The molecule has 1 aromatic carbocycles. The van der Waals surface area contributed by atoms with E-state index in [4.69, 9.17) is 37.2 Å². The van der Waals surface area contributed by atoms with Crippen molar-refractivity contribution in [3.63, 3.8) is 0 Å². The van der Waals surface area contributed by atoms with Gasteiger partial charge in [-0.3, -0.25) is 0 Å². The van der Waals surface area contributed by atoms with E-state index in [0.717, 1.165) is 6.42 Å². The van der Waals surface area contributed by atoms with Crippen LogP contribution in [-0.2, 0) is 14.0 Å². The average Bonchev–Trinajstić information content (AvgIpc) is 2.76. The van der Waals surface area contributed by atoms with Crippen LogP contribution < -0.4 is 0 Å². The van der Waals surface area contributed by atoms with Crippen LogP contribution in [0.1, 0.15) is 53.0 Å². The highest BCUT2D eigenvalue weighted by Crippen LogP contribution is 2.41. The van der Waals surface area contributed by atoms with Crippen molar-refractivity contribution in [1.82, 2.24) is 0 Å². The van der Waals surface area contributed by atoms with Crippen LogP contribution in [-0.4, -0.2) is 31.5 Å². The fraction of sp³-hybridized carbons (Fsp3) is 0.579. The maximum atomic E-state index is 15.4. The molecule has 3 nitrogen and oxygen atoms in total. The van der Waals surface area contributed by atoms with Crippen molar-refractivity contribution in [2.75, 3.05) is 13.2 Å². The quantitative estimate of drug-likeness (QED) is 0.406. The van der Waals surface area contributed by atoms with Crippen LogP contribution in [0.4, 0.5) is 4.39 Å². The number of benzene rings is 1. The predicted octanol–water partition coefficient (Wildman–Crippen LogP) is 6.12. The standard InChI is InChI=1S/C19H26BCl2FO3/c1-6-10-24-11-9-15(14-8-7-13(21)12-16(14)22)17(23)20-25-18(2,3)19(4,5)26-20/h7-8,12H,6,9-11H2,1-5H3. The Morgan fingerprint density at radius 2 is 1.73 bits per heavy atom. The summed E-state index contributed by atoms with van der Waals surface area (Å²) in [6, 6.07) is 5.00. The lowest BCUT2D eigenvalue weighted by molar-refractivity contribution is 0.00578. The van der Waals surface area contributed by atoms with E-state index in [0.29, 0.717) is 40.8 Å². The van der Waals surface area contributed by atoms with E-state index >= 15 is 4.39 Å². The van der Waals surface area contributed by atoms with Gasteiger partial charge in [0.15, 0.2) is 0 Å². The minimum Gasteiger partial charge on any atom is -0.398 e. The molecule has 1 fully saturated rings. The first-order chi connectivity index (χ1) is 12.1. The van der Waals surface area contributed by atoms with Crippen LogP contribution in [0.15, 0.2) is 23.9 Å². The highest BCUT2D eigenvalue weighted by molar-refractivity contribution is 6.55. The highest BCUT2D eigenvalue weighted by Gasteiger charge is 2.53. The van der Waals surface area contributed by atoms with E-state index in [1.165, 1.54) is 0 Å². The fourth-order valence-corrected chi connectivity index (χ4v) is 3.15. The fourth-order valence-electron chi connectivity index (χ4n) is 2.63. The molecule has 0 aliphatic carbocycles. The van der Waals surface area contributed by atoms with E-state index in [1.807, 2.05) is 34.6 Å². The number of rotatable bonds is 7. The molecule has 0 bridgehead atoms. The van der Waals surface area contributed by atoms with Crippen LogP contribution in [0.25, 0.3) is 5.57 Å². The first-order valence-electron chi connectivity index (χ1n) is 8.86. The lowest BCUT2D eigenvalue weighted by Crippen LogP contribution is -2.41. The third-order valence-corrected chi connectivity index (χ3v) is 5.40. The van der Waals surface area contributed by atoms with Crippen molar-refractivity contribution in [1.29, 1.82) is 0 Å². The van der Waals surface area contributed by atoms with Gasteiger partial charge in [-0.2, -0.15) is 0 Å². The number of halogens is 3. The molecule has 0 unspecified atom stereocenters. The van der Waals surface area contributed by atoms with Crippen molar-refractivity contribution in [2.24, 2.45) is 0 Å². The van der Waals surface area contributed by atoms with Gasteiger partial charge in [-0.05, 0) is 63.8 Å². The van der Waals surface area contributed by atoms with Crippen molar-refractivity contribution in [3.05, 3.63) is 39.5 Å². The lowest BCUT2D eigenvalue weighted by atomic mass is 9.82. The Bertz CT molecular complexity index is 661. The Balaban J connectivity index is 2.37. The van der Waals surface area contributed by atoms with Gasteiger partial charge in [-0.25, -0.2) is 4.39 Å². The SMILES string of the molecule is CCCOCCC(=C(F)B1OC(C)(C)C(C)(C)O1)c1ccc(Cl)cc1Cl. The molecule has 0 N–H and O–H groups in total. The molecule has 1 heterocycles. The summed E-state index contributed by atoms with van der Waals surface area (Å²) in [5.41, 5.74) is -0.733. The maximum absolute atomic E-state index is 15.4. The number of hydrogen-bond donors (Lipinski definition) is 0. The highest BCUT2D eigenvalue weighted by atomic mass is 35.5. The molecule has 144 valence electrons. The number of ether oxygens (including phenoxy) is 1. The maximum Gasteiger partial charge on any atom is 0.525 e. The molecule has 0 radical (unpaired) electrons. The van der Waals surface area contributed by atoms with E-state index in [2.05, 4.69) is 0 Å². The smallest absolute Gasteiger partial charge is 0.398 e. The van der Waals surface area contributed by atoms with Crippen LogP contribution in [0, 0.1) is 0 Å². The molecule has 1 saturated heterocycles. The molecule has 1 aromatic rings. The normalized spacial score (nSPS) is 19.6. The summed E-state index contributed by atoms with van der Waals surface area (Å²) in [5.74, 6) is 0. The first kappa shape index (κ1) is 21.7. The molecular weight excluding hydrogens is 377 g/mol. The Kier molecular flexibility index (Phi) is 7.20. The molecule has 0 saturated carbocycles. The lowest BCUT2D eigenvalue weighted by Gasteiger charge is -2.32. The van der Waals surface area contributed by atoms with E-state index in [1.54, 1.807) is 18.2 Å². The Hall–Kier alpha value is -0.585. The van der Waals surface area contributed by atoms with Crippen molar-refractivity contribution < 1.29 is 18.4 Å². The average molecular weight is 403 g/mol. The second-order valence-electron chi connectivity index (χ2n) is 7.40. The van der Waals surface area contributed by atoms with Gasteiger partial charge in [0, 0.05) is 16.7 Å². The minimum atomic E-state index is -1.08. The molecule has 0 atom stereocenters. The Morgan fingerprint density at radius 1 is 1.12 bits per heavy atom. The topological polar surface area (TPSA) is 27.7 Å². The summed E-state index contributed by atoms with van der Waals surface area (Å²) in [6.07, 6.45) is 1.26. The molecule has 26 heavy (non-hydrogen) atoms. The molecule has 0 spiro atoms. The summed E-state index contributed by atoms with van der Waals surface area (Å²) in [4.78, 5) is 0. The monoisotopic (exact) mass is 402 g/mol. The van der Waals surface area contributed by atoms with E-state index < -0.39 is 24.0 Å². The van der Waals surface area contributed by atoms with Gasteiger partial charge in [-0.15, -0.1) is 0 Å². The van der Waals surface area contributed by atoms with Gasteiger partial charge in [0.1, 0.15) is 5.73 Å². The molecule has 2 rings (SSSR count). The third kappa shape index (κ3) is 4.82. The summed E-state index contributed by atoms with van der Waals surface area (Å²) in [7, 11) is -1.08. The molecule has 7 heteroatoms. The van der Waals surface area contributed by atoms with E-state index in [-0.39, 0.29) is 0 Å². The van der Waals surface area contributed by atoms with Gasteiger partial charge < -0.3 is 14.0 Å². The van der Waals surface area contributed by atoms with Crippen molar-refractivity contribution >= 4 is 35.9 Å². The Morgan fingerprint density at radius 3 is 2.27 bits per heavy atom. The van der Waals surface area contributed by atoms with E-state index in [9.17, 15) is 0 Å². The van der Waals surface area contributed by atoms with Crippen molar-refractivity contribution in [2.45, 2.75) is 58.7 Å². The molecular formula is C19H26BCl2FO3. The minimum absolute atomic E-state index is 0.358. The van der Waals surface area contributed by atoms with Gasteiger partial charge in [0.05, 0.1) is 17.8 Å². The second-order valence-corrected chi connectivity index (χ2v) is 8.24. The zero-order valence-corrected chi connectivity index (χ0v) is 17.5. The van der Waals surface area contributed by atoms with Gasteiger partial charge in [0.2, 0.25) is 0 Å². The molecule has 0 amide bonds. The van der Waals surface area contributed by atoms with Gasteiger partial charge >= 0.3 is 7.12 Å². The largest absolute Gasteiger partial charge is 0.525 e.